The third kappa shape index (κ3) is 3.42. The molecule has 0 unspecified atom stereocenters. The first-order valence-corrected chi connectivity index (χ1v) is 6.47. The van der Waals surface area contributed by atoms with Gasteiger partial charge >= 0.3 is 0 Å². The Labute approximate surface area is 121 Å². The van der Waals surface area contributed by atoms with Gasteiger partial charge in [0.15, 0.2) is 0 Å². The van der Waals surface area contributed by atoms with E-state index in [9.17, 15) is 13.2 Å². The van der Waals surface area contributed by atoms with Gasteiger partial charge in [-0.2, -0.15) is 0 Å². The fourth-order valence-corrected chi connectivity index (χ4v) is 1.99. The molecule has 0 spiro atoms. The first-order chi connectivity index (χ1) is 8.97. The van der Waals surface area contributed by atoms with E-state index in [1.54, 1.807) is 0 Å². The Balaban J connectivity index is 2.16. The van der Waals surface area contributed by atoms with Gasteiger partial charge in [-0.15, -0.1) is 0 Å². The zero-order valence-electron chi connectivity index (χ0n) is 9.48. The van der Waals surface area contributed by atoms with Crippen LogP contribution in [0, 0.1) is 17.5 Å². The van der Waals surface area contributed by atoms with Crippen LogP contribution < -0.4 is 5.32 Å². The summed E-state index contributed by atoms with van der Waals surface area (Å²) in [6.07, 6.45) is 0. The number of hydrogen-bond acceptors (Lipinski definition) is 1. The molecule has 0 amide bonds. The zero-order chi connectivity index (χ0) is 14.0. The molecule has 6 heteroatoms. The summed E-state index contributed by atoms with van der Waals surface area (Å²) in [6.45, 7) is 0.0288. The summed E-state index contributed by atoms with van der Waals surface area (Å²) in [4.78, 5) is 0. The van der Waals surface area contributed by atoms with Crippen molar-refractivity contribution in [1.29, 1.82) is 0 Å². The lowest BCUT2D eigenvalue weighted by molar-refractivity contribution is 0.594. The Bertz CT molecular complexity index is 619. The van der Waals surface area contributed by atoms with Gasteiger partial charge in [-0.05, 0) is 34.1 Å². The van der Waals surface area contributed by atoms with E-state index in [1.807, 2.05) is 0 Å². The van der Waals surface area contributed by atoms with Gasteiger partial charge in [-0.3, -0.25) is 0 Å². The summed E-state index contributed by atoms with van der Waals surface area (Å²) >= 11 is 8.50. The second-order valence-corrected chi connectivity index (χ2v) is 5.13. The minimum atomic E-state index is -0.623. The minimum absolute atomic E-state index is 0.0288. The molecule has 0 saturated heterocycles. The van der Waals surface area contributed by atoms with Crippen LogP contribution in [0.5, 0.6) is 0 Å². The molecule has 2 aromatic carbocycles. The van der Waals surface area contributed by atoms with Crippen LogP contribution in [0.4, 0.5) is 18.9 Å². The Hall–Kier alpha value is -1.20. The molecule has 2 rings (SSSR count). The fraction of sp³-hybridized carbons (Fsp3) is 0.0769. The Morgan fingerprint density at radius 1 is 1.00 bits per heavy atom. The van der Waals surface area contributed by atoms with Crippen molar-refractivity contribution in [1.82, 2.24) is 0 Å². The average molecular weight is 351 g/mol. The Morgan fingerprint density at radius 2 is 1.74 bits per heavy atom. The highest BCUT2D eigenvalue weighted by atomic mass is 79.9. The summed E-state index contributed by atoms with van der Waals surface area (Å²) in [5, 5.41) is 2.92. The lowest BCUT2D eigenvalue weighted by Crippen LogP contribution is -2.04. The summed E-state index contributed by atoms with van der Waals surface area (Å²) < 4.78 is 40.3. The molecule has 0 aliphatic carbocycles. The molecular formula is C13H8BrClF3N. The molecule has 0 heterocycles. The highest BCUT2D eigenvalue weighted by Crippen LogP contribution is 2.24. The van der Waals surface area contributed by atoms with Crippen molar-refractivity contribution in [2.45, 2.75) is 6.54 Å². The summed E-state index contributed by atoms with van der Waals surface area (Å²) in [5.74, 6) is -1.72. The van der Waals surface area contributed by atoms with E-state index in [0.29, 0.717) is 5.56 Å². The number of nitrogens with one attached hydrogen (secondary N) is 1. The van der Waals surface area contributed by atoms with Crippen molar-refractivity contribution < 1.29 is 13.2 Å². The Morgan fingerprint density at radius 3 is 2.42 bits per heavy atom. The first-order valence-electron chi connectivity index (χ1n) is 5.29. The van der Waals surface area contributed by atoms with E-state index < -0.39 is 17.5 Å². The molecule has 1 N–H and O–H groups in total. The van der Waals surface area contributed by atoms with Gasteiger partial charge in [0.2, 0.25) is 0 Å². The molecule has 0 saturated carbocycles. The number of benzene rings is 2. The summed E-state index contributed by atoms with van der Waals surface area (Å²) in [7, 11) is 0. The first kappa shape index (κ1) is 14.2. The van der Waals surface area contributed by atoms with E-state index in [-0.39, 0.29) is 21.7 Å². The van der Waals surface area contributed by atoms with Crippen LogP contribution in [0.3, 0.4) is 0 Å². The molecule has 0 fully saturated rings. The Kier molecular flexibility index (Phi) is 4.37. The molecule has 1 nitrogen and oxygen atoms in total. The zero-order valence-corrected chi connectivity index (χ0v) is 11.8. The SMILES string of the molecule is Fc1cc(NCc2ccc(Cl)cc2F)c(F)cc1Br. The van der Waals surface area contributed by atoms with Crippen molar-refractivity contribution in [3.63, 3.8) is 0 Å². The van der Waals surface area contributed by atoms with Crippen LogP contribution >= 0.6 is 27.5 Å². The molecule has 0 aromatic heterocycles. The van der Waals surface area contributed by atoms with E-state index in [1.165, 1.54) is 12.1 Å². The van der Waals surface area contributed by atoms with Crippen LogP contribution in [-0.4, -0.2) is 0 Å². The molecule has 2 aromatic rings. The van der Waals surface area contributed by atoms with Crippen molar-refractivity contribution in [2.75, 3.05) is 5.32 Å². The number of halogens is 5. The molecule has 0 aliphatic heterocycles. The largest absolute Gasteiger partial charge is 0.378 e. The van der Waals surface area contributed by atoms with Crippen LogP contribution in [0.2, 0.25) is 5.02 Å². The predicted octanol–water partition coefficient (Wildman–Crippen LogP) is 5.13. The molecule has 100 valence electrons. The third-order valence-corrected chi connectivity index (χ3v) is 3.34. The smallest absolute Gasteiger partial charge is 0.147 e. The molecule has 0 aliphatic rings. The van der Waals surface area contributed by atoms with Crippen LogP contribution in [0.15, 0.2) is 34.8 Å². The van der Waals surface area contributed by atoms with Crippen LogP contribution in [0.25, 0.3) is 0 Å². The van der Waals surface area contributed by atoms with E-state index >= 15 is 0 Å². The summed E-state index contributed by atoms with van der Waals surface area (Å²) in [6, 6.07) is 6.19. The maximum absolute atomic E-state index is 13.5. The van der Waals surface area contributed by atoms with Crippen molar-refractivity contribution >= 4 is 33.2 Å². The second-order valence-electron chi connectivity index (χ2n) is 3.84. The molecular weight excluding hydrogens is 343 g/mol. The van der Waals surface area contributed by atoms with Gasteiger partial charge in [-0.1, -0.05) is 17.7 Å². The van der Waals surface area contributed by atoms with Gasteiger partial charge in [0, 0.05) is 23.2 Å². The maximum Gasteiger partial charge on any atom is 0.147 e. The number of anilines is 1. The summed E-state index contributed by atoms with van der Waals surface area (Å²) in [5.41, 5.74) is 0.280. The lowest BCUT2D eigenvalue weighted by atomic mass is 10.2. The van der Waals surface area contributed by atoms with Gasteiger partial charge in [0.05, 0.1) is 10.2 Å². The normalized spacial score (nSPS) is 10.6. The van der Waals surface area contributed by atoms with Crippen molar-refractivity contribution in [3.8, 4) is 0 Å². The monoisotopic (exact) mass is 349 g/mol. The number of hydrogen-bond donors (Lipinski definition) is 1. The average Bonchev–Trinajstić information content (AvgIpc) is 2.34. The predicted molar refractivity (Wildman–Crippen MR) is 72.8 cm³/mol. The van der Waals surface area contributed by atoms with E-state index in [4.69, 9.17) is 11.6 Å². The van der Waals surface area contributed by atoms with Gasteiger partial charge < -0.3 is 5.32 Å². The van der Waals surface area contributed by atoms with Gasteiger partial charge in [-0.25, -0.2) is 13.2 Å². The van der Waals surface area contributed by atoms with Gasteiger partial charge in [0.25, 0.3) is 0 Å². The maximum atomic E-state index is 13.5. The van der Waals surface area contributed by atoms with Crippen LogP contribution in [0.1, 0.15) is 5.56 Å². The molecule has 0 bridgehead atoms. The van der Waals surface area contributed by atoms with E-state index in [0.717, 1.165) is 18.2 Å². The van der Waals surface area contributed by atoms with Crippen molar-refractivity contribution in [2.24, 2.45) is 0 Å². The topological polar surface area (TPSA) is 12.0 Å². The number of rotatable bonds is 3. The highest BCUT2D eigenvalue weighted by Gasteiger charge is 2.09. The van der Waals surface area contributed by atoms with E-state index in [2.05, 4.69) is 21.2 Å². The third-order valence-electron chi connectivity index (χ3n) is 2.49. The standard InChI is InChI=1S/C13H8BrClF3N/c14-9-4-12(18)13(5-11(9)17)19-6-7-1-2-8(15)3-10(7)16/h1-5,19H,6H2. The van der Waals surface area contributed by atoms with Crippen molar-refractivity contribution in [3.05, 3.63) is 62.8 Å². The molecule has 0 atom stereocenters. The van der Waals surface area contributed by atoms with Gasteiger partial charge in [0.1, 0.15) is 17.5 Å². The minimum Gasteiger partial charge on any atom is -0.378 e. The second kappa shape index (κ2) is 5.84. The highest BCUT2D eigenvalue weighted by molar-refractivity contribution is 9.10. The quantitative estimate of drug-likeness (QED) is 0.757. The van der Waals surface area contributed by atoms with Crippen LogP contribution in [-0.2, 0) is 6.54 Å². The lowest BCUT2D eigenvalue weighted by Gasteiger charge is -2.09. The molecule has 0 radical (unpaired) electrons. The molecule has 19 heavy (non-hydrogen) atoms. The fourth-order valence-electron chi connectivity index (χ4n) is 1.51.